The summed E-state index contributed by atoms with van der Waals surface area (Å²) in [6.45, 7) is 2.88. The number of rotatable bonds is 2. The van der Waals surface area contributed by atoms with Crippen molar-refractivity contribution in [1.82, 2.24) is 9.97 Å². The number of nitrogens with zero attached hydrogens (tertiary/aromatic N) is 1. The highest BCUT2D eigenvalue weighted by Crippen LogP contribution is 2.06. The molecule has 0 aliphatic carbocycles. The number of H-pyrrole nitrogens is 1. The van der Waals surface area contributed by atoms with E-state index in [9.17, 15) is 9.59 Å². The van der Waals surface area contributed by atoms with Gasteiger partial charge in [0.15, 0.2) is 11.5 Å². The lowest BCUT2D eigenvalue weighted by molar-refractivity contribution is 0.0686. The quantitative estimate of drug-likeness (QED) is 0.634. The molecule has 12 heavy (non-hydrogen) atoms. The molecule has 1 aromatic rings. The van der Waals surface area contributed by atoms with Crippen molar-refractivity contribution < 1.29 is 14.7 Å². The summed E-state index contributed by atoms with van der Waals surface area (Å²) in [5.41, 5.74) is -0.153. The number of ketones is 1. The van der Waals surface area contributed by atoms with Crippen LogP contribution in [0.3, 0.4) is 0 Å². The van der Waals surface area contributed by atoms with Gasteiger partial charge in [-0.1, -0.05) is 0 Å². The van der Waals surface area contributed by atoms with Crippen LogP contribution in [0, 0.1) is 6.92 Å². The largest absolute Gasteiger partial charge is 0.477 e. The van der Waals surface area contributed by atoms with Gasteiger partial charge in [0.05, 0.1) is 0 Å². The Morgan fingerprint density at radius 3 is 2.42 bits per heavy atom. The van der Waals surface area contributed by atoms with Crippen molar-refractivity contribution in [3.05, 3.63) is 17.2 Å². The smallest absolute Gasteiger partial charge is 0.354 e. The Bertz CT molecular complexity index is 309. The zero-order valence-corrected chi connectivity index (χ0v) is 6.71. The molecule has 0 unspecified atom stereocenters. The molecule has 0 bridgehead atoms. The third kappa shape index (κ3) is 1.34. The minimum absolute atomic E-state index is 0.0139. The number of aryl methyl sites for hydroxylation is 1. The first kappa shape index (κ1) is 8.45. The number of carbonyl (C=O) groups excluding carboxylic acids is 1. The van der Waals surface area contributed by atoms with Crippen LogP contribution in [0.2, 0.25) is 0 Å². The van der Waals surface area contributed by atoms with Crippen molar-refractivity contribution in [2.75, 3.05) is 0 Å². The molecular formula is C7H8N2O3. The second-order valence-corrected chi connectivity index (χ2v) is 2.41. The first-order valence-corrected chi connectivity index (χ1v) is 3.33. The Kier molecular flexibility index (Phi) is 1.95. The molecule has 1 aromatic heterocycles. The molecule has 0 aliphatic heterocycles. The number of aromatic amines is 1. The molecule has 5 heteroatoms. The summed E-state index contributed by atoms with van der Waals surface area (Å²) >= 11 is 0. The van der Waals surface area contributed by atoms with Crippen molar-refractivity contribution in [1.29, 1.82) is 0 Å². The van der Waals surface area contributed by atoms with Crippen molar-refractivity contribution in [3.8, 4) is 0 Å². The molecule has 0 saturated heterocycles. The second-order valence-electron chi connectivity index (χ2n) is 2.41. The van der Waals surface area contributed by atoms with Gasteiger partial charge < -0.3 is 10.1 Å². The predicted octanol–water partition coefficient (Wildman–Crippen LogP) is 0.619. The summed E-state index contributed by atoms with van der Waals surface area (Å²) in [6, 6.07) is 0. The van der Waals surface area contributed by atoms with E-state index in [0.717, 1.165) is 0 Å². The summed E-state index contributed by atoms with van der Waals surface area (Å²) in [5.74, 6) is -1.09. The van der Waals surface area contributed by atoms with E-state index in [1.165, 1.54) is 6.92 Å². The minimum Gasteiger partial charge on any atom is -0.477 e. The number of aromatic nitrogens is 2. The topological polar surface area (TPSA) is 83.0 Å². The molecule has 0 radical (unpaired) electrons. The molecule has 0 atom stereocenters. The van der Waals surface area contributed by atoms with E-state index in [1.807, 2.05) is 0 Å². The average molecular weight is 168 g/mol. The fourth-order valence-electron chi connectivity index (χ4n) is 0.901. The van der Waals surface area contributed by atoms with Gasteiger partial charge in [-0.2, -0.15) is 0 Å². The zero-order valence-electron chi connectivity index (χ0n) is 6.71. The highest BCUT2D eigenvalue weighted by atomic mass is 16.4. The number of aromatic carboxylic acids is 1. The van der Waals surface area contributed by atoms with Gasteiger partial charge in [-0.15, -0.1) is 0 Å². The van der Waals surface area contributed by atoms with Crippen molar-refractivity contribution in [2.45, 2.75) is 13.8 Å². The van der Waals surface area contributed by atoms with Gasteiger partial charge >= 0.3 is 5.97 Å². The van der Waals surface area contributed by atoms with Crippen LogP contribution in [-0.4, -0.2) is 26.8 Å². The van der Waals surface area contributed by atoms with Crippen LogP contribution in [0.5, 0.6) is 0 Å². The van der Waals surface area contributed by atoms with Gasteiger partial charge in [0, 0.05) is 6.92 Å². The van der Waals surface area contributed by atoms with E-state index in [1.54, 1.807) is 6.92 Å². The van der Waals surface area contributed by atoms with E-state index in [4.69, 9.17) is 5.11 Å². The Hall–Kier alpha value is -1.65. The highest BCUT2D eigenvalue weighted by molar-refractivity contribution is 6.02. The minimum atomic E-state index is -1.17. The van der Waals surface area contributed by atoms with Crippen LogP contribution >= 0.6 is 0 Å². The number of Topliss-reactive ketones (excluding diaryl/α,β-unsaturated/α-hetero) is 1. The molecule has 0 spiro atoms. The Labute approximate surface area is 68.4 Å². The number of imidazole rings is 1. The van der Waals surface area contributed by atoms with Gasteiger partial charge in [0.2, 0.25) is 0 Å². The molecule has 5 nitrogen and oxygen atoms in total. The molecule has 0 fully saturated rings. The van der Waals surface area contributed by atoms with Gasteiger partial charge in [0.25, 0.3) is 0 Å². The van der Waals surface area contributed by atoms with Crippen LogP contribution in [0.4, 0.5) is 0 Å². The molecule has 0 aliphatic rings. The first-order valence-electron chi connectivity index (χ1n) is 3.33. The van der Waals surface area contributed by atoms with Crippen LogP contribution in [0.1, 0.15) is 33.7 Å². The maximum absolute atomic E-state index is 10.8. The van der Waals surface area contributed by atoms with E-state index in [2.05, 4.69) is 9.97 Å². The Morgan fingerprint density at radius 2 is 2.08 bits per heavy atom. The van der Waals surface area contributed by atoms with Crippen LogP contribution in [-0.2, 0) is 0 Å². The SMILES string of the molecule is CC(=O)c1nc(C)[nH]c1C(=O)O. The van der Waals surface area contributed by atoms with Gasteiger partial charge in [-0.3, -0.25) is 4.79 Å². The maximum atomic E-state index is 10.8. The fraction of sp³-hybridized carbons (Fsp3) is 0.286. The van der Waals surface area contributed by atoms with Crippen LogP contribution in [0.15, 0.2) is 0 Å². The fourth-order valence-corrected chi connectivity index (χ4v) is 0.901. The Morgan fingerprint density at radius 1 is 1.50 bits per heavy atom. The number of hydrogen-bond donors (Lipinski definition) is 2. The predicted molar refractivity (Wildman–Crippen MR) is 40.3 cm³/mol. The summed E-state index contributed by atoms with van der Waals surface area (Å²) < 4.78 is 0. The van der Waals surface area contributed by atoms with Crippen molar-refractivity contribution in [2.24, 2.45) is 0 Å². The third-order valence-corrected chi connectivity index (χ3v) is 1.37. The molecule has 1 rings (SSSR count). The lowest BCUT2D eigenvalue weighted by Crippen LogP contribution is -2.05. The van der Waals surface area contributed by atoms with Crippen LogP contribution in [0.25, 0.3) is 0 Å². The number of carbonyl (C=O) groups is 2. The lowest BCUT2D eigenvalue weighted by atomic mass is 10.2. The summed E-state index contributed by atoms with van der Waals surface area (Å²) in [6.07, 6.45) is 0. The number of carboxylic acids is 1. The maximum Gasteiger partial charge on any atom is 0.354 e. The lowest BCUT2D eigenvalue weighted by Gasteiger charge is -1.89. The zero-order chi connectivity index (χ0) is 9.30. The molecule has 0 amide bonds. The van der Waals surface area contributed by atoms with Crippen molar-refractivity contribution >= 4 is 11.8 Å². The first-order chi connectivity index (χ1) is 5.52. The van der Waals surface area contributed by atoms with E-state index >= 15 is 0 Å². The summed E-state index contributed by atoms with van der Waals surface area (Å²) in [5, 5.41) is 8.60. The van der Waals surface area contributed by atoms with Crippen molar-refractivity contribution in [3.63, 3.8) is 0 Å². The molecule has 64 valence electrons. The van der Waals surface area contributed by atoms with E-state index in [-0.39, 0.29) is 17.2 Å². The standard InChI is InChI=1S/C7H8N2O3/c1-3(10)5-6(7(11)12)9-4(2)8-5/h1-2H3,(H,8,9)(H,11,12). The second kappa shape index (κ2) is 2.77. The van der Waals surface area contributed by atoms with Gasteiger partial charge in [0.1, 0.15) is 11.5 Å². The monoisotopic (exact) mass is 168 g/mol. The molecule has 0 saturated carbocycles. The van der Waals surface area contributed by atoms with Gasteiger partial charge in [-0.25, -0.2) is 9.78 Å². The normalized spacial score (nSPS) is 9.83. The Balaban J connectivity index is 3.26. The molecule has 2 N–H and O–H groups in total. The van der Waals surface area contributed by atoms with E-state index in [0.29, 0.717) is 5.82 Å². The molecular weight excluding hydrogens is 160 g/mol. The molecule has 1 heterocycles. The summed E-state index contributed by atoms with van der Waals surface area (Å²) in [4.78, 5) is 27.6. The average Bonchev–Trinajstić information content (AvgIpc) is 2.31. The number of carboxylic acid groups (broad SMARTS) is 1. The van der Waals surface area contributed by atoms with Crippen LogP contribution < -0.4 is 0 Å². The number of hydrogen-bond acceptors (Lipinski definition) is 3. The molecule has 0 aromatic carbocycles. The highest BCUT2D eigenvalue weighted by Gasteiger charge is 2.17. The van der Waals surface area contributed by atoms with Gasteiger partial charge in [-0.05, 0) is 6.92 Å². The number of nitrogens with one attached hydrogen (secondary N) is 1. The van der Waals surface area contributed by atoms with E-state index < -0.39 is 5.97 Å². The third-order valence-electron chi connectivity index (χ3n) is 1.37. The summed E-state index contributed by atoms with van der Waals surface area (Å²) in [7, 11) is 0.